The summed E-state index contributed by atoms with van der Waals surface area (Å²) in [5, 5.41) is 11.9. The number of aliphatic hydroxyl groups is 1. The van der Waals surface area contributed by atoms with Crippen molar-refractivity contribution in [2.75, 3.05) is 0 Å². The van der Waals surface area contributed by atoms with Crippen molar-refractivity contribution in [2.24, 2.45) is 17.3 Å². The van der Waals surface area contributed by atoms with Crippen molar-refractivity contribution in [2.45, 2.75) is 90.1 Å². The molecule has 0 saturated heterocycles. The minimum Gasteiger partial charge on any atom is -0.385 e. The highest BCUT2D eigenvalue weighted by Gasteiger charge is 2.61. The molecule has 0 unspecified atom stereocenters. The second kappa shape index (κ2) is 7.83. The summed E-state index contributed by atoms with van der Waals surface area (Å²) in [7, 11) is 0. The molecule has 1 N–H and O–H groups in total. The number of carbonyl (C=O) groups is 1. The molecule has 2 fully saturated rings. The molecular weight excluding hydrogens is 392 g/mol. The predicted octanol–water partition coefficient (Wildman–Crippen LogP) is 7.02. The molecule has 5 atom stereocenters. The summed E-state index contributed by atoms with van der Waals surface area (Å²) in [6.45, 7) is 8.92. The average Bonchev–Trinajstić information content (AvgIpc) is 3.03. The Labute approximate surface area is 193 Å². The Morgan fingerprint density at radius 1 is 1.16 bits per heavy atom. The largest absolute Gasteiger partial charge is 0.385 e. The van der Waals surface area contributed by atoms with Gasteiger partial charge in [0.15, 0.2) is 5.78 Å². The Kier molecular flexibility index (Phi) is 5.36. The number of allylic oxidation sites excluding steroid dienone is 5. The molecule has 2 heteroatoms. The van der Waals surface area contributed by atoms with Gasteiger partial charge in [0, 0.05) is 17.8 Å². The summed E-state index contributed by atoms with van der Waals surface area (Å²) >= 11 is 0. The van der Waals surface area contributed by atoms with Crippen LogP contribution in [-0.4, -0.2) is 16.5 Å². The van der Waals surface area contributed by atoms with Crippen LogP contribution in [0.3, 0.4) is 0 Å². The third-order valence-electron chi connectivity index (χ3n) is 9.37. The van der Waals surface area contributed by atoms with E-state index in [9.17, 15) is 9.90 Å². The van der Waals surface area contributed by atoms with Gasteiger partial charge in [0.1, 0.15) is 0 Å². The lowest BCUT2D eigenvalue weighted by Gasteiger charge is -2.54. The fourth-order valence-electron chi connectivity index (χ4n) is 7.68. The fraction of sp³-hybridized carbons (Fsp3) is 0.567. The number of carbonyl (C=O) groups excluding carboxylic acids is 1. The minimum atomic E-state index is -0.727. The van der Waals surface area contributed by atoms with Crippen molar-refractivity contribution in [3.63, 3.8) is 0 Å². The van der Waals surface area contributed by atoms with Crippen LogP contribution in [0.25, 0.3) is 0 Å². The van der Waals surface area contributed by atoms with E-state index in [0.29, 0.717) is 35.9 Å². The third-order valence-corrected chi connectivity index (χ3v) is 9.37. The first-order valence-corrected chi connectivity index (χ1v) is 12.7. The van der Waals surface area contributed by atoms with Crippen molar-refractivity contribution >= 4 is 5.78 Å². The molecule has 0 spiro atoms. The highest BCUT2D eigenvalue weighted by molar-refractivity contribution is 5.93. The number of fused-ring (bicyclic) bond motifs is 4. The van der Waals surface area contributed by atoms with Crippen LogP contribution in [0.5, 0.6) is 0 Å². The van der Waals surface area contributed by atoms with Gasteiger partial charge in [-0.1, -0.05) is 62.8 Å². The summed E-state index contributed by atoms with van der Waals surface area (Å²) in [6.07, 6.45) is 12.7. The number of rotatable bonds is 3. The Hall–Kier alpha value is -1.93. The van der Waals surface area contributed by atoms with Gasteiger partial charge >= 0.3 is 0 Å². The van der Waals surface area contributed by atoms with E-state index in [1.807, 2.05) is 19.1 Å². The zero-order chi connectivity index (χ0) is 22.7. The SMILES string of the molecule is CC=C[C@]1(O)CC[C@H]2[C@@H]3CCC4=CC(=O)CCC4=C3[C@@H](c3cccc(C(C)C)c3)C[C@@]21C. The lowest BCUT2D eigenvalue weighted by molar-refractivity contribution is -0.114. The third kappa shape index (κ3) is 3.21. The van der Waals surface area contributed by atoms with E-state index in [1.165, 1.54) is 22.3 Å². The molecule has 1 aromatic rings. The summed E-state index contributed by atoms with van der Waals surface area (Å²) in [5.74, 6) is 2.14. The molecule has 32 heavy (non-hydrogen) atoms. The normalized spacial score (nSPS) is 36.9. The summed E-state index contributed by atoms with van der Waals surface area (Å²) in [4.78, 5) is 12.2. The second-order valence-corrected chi connectivity index (χ2v) is 11.3. The van der Waals surface area contributed by atoms with Gasteiger partial charge in [-0.15, -0.1) is 0 Å². The van der Waals surface area contributed by atoms with E-state index in [0.717, 1.165) is 38.5 Å². The molecule has 2 nitrogen and oxygen atoms in total. The van der Waals surface area contributed by atoms with Gasteiger partial charge < -0.3 is 5.11 Å². The molecule has 5 rings (SSSR count). The predicted molar refractivity (Wildman–Crippen MR) is 131 cm³/mol. The zero-order valence-electron chi connectivity index (χ0n) is 20.2. The van der Waals surface area contributed by atoms with Crippen LogP contribution in [0.4, 0.5) is 0 Å². The Balaban J connectivity index is 1.69. The molecule has 0 bridgehead atoms. The maximum Gasteiger partial charge on any atom is 0.156 e. The number of hydrogen-bond donors (Lipinski definition) is 1. The van der Waals surface area contributed by atoms with Gasteiger partial charge in [-0.3, -0.25) is 4.79 Å². The molecule has 1 aromatic carbocycles. The topological polar surface area (TPSA) is 37.3 Å². The van der Waals surface area contributed by atoms with Crippen LogP contribution >= 0.6 is 0 Å². The van der Waals surface area contributed by atoms with Crippen molar-refractivity contribution in [1.82, 2.24) is 0 Å². The van der Waals surface area contributed by atoms with E-state index in [-0.39, 0.29) is 5.41 Å². The molecule has 0 radical (unpaired) electrons. The van der Waals surface area contributed by atoms with Crippen LogP contribution in [-0.2, 0) is 4.79 Å². The van der Waals surface area contributed by atoms with Crippen molar-refractivity contribution in [3.8, 4) is 0 Å². The Morgan fingerprint density at radius 2 is 1.97 bits per heavy atom. The van der Waals surface area contributed by atoms with Crippen LogP contribution in [0, 0.1) is 17.3 Å². The van der Waals surface area contributed by atoms with Gasteiger partial charge in [0.05, 0.1) is 5.60 Å². The molecule has 4 aliphatic rings. The Morgan fingerprint density at radius 3 is 2.72 bits per heavy atom. The summed E-state index contributed by atoms with van der Waals surface area (Å²) < 4.78 is 0. The number of ketones is 1. The lowest BCUT2D eigenvalue weighted by Crippen LogP contribution is -2.50. The van der Waals surface area contributed by atoms with Gasteiger partial charge in [-0.25, -0.2) is 0 Å². The van der Waals surface area contributed by atoms with E-state index in [2.05, 4.69) is 51.1 Å². The first kappa shape index (κ1) is 21.9. The minimum absolute atomic E-state index is 0.127. The van der Waals surface area contributed by atoms with Crippen LogP contribution in [0.2, 0.25) is 0 Å². The summed E-state index contributed by atoms with van der Waals surface area (Å²) in [6, 6.07) is 9.18. The van der Waals surface area contributed by atoms with E-state index >= 15 is 0 Å². The molecule has 0 aromatic heterocycles. The first-order chi connectivity index (χ1) is 15.3. The average molecular weight is 431 g/mol. The monoisotopic (exact) mass is 430 g/mol. The van der Waals surface area contributed by atoms with Crippen molar-refractivity contribution in [3.05, 3.63) is 70.3 Å². The molecule has 2 saturated carbocycles. The van der Waals surface area contributed by atoms with Crippen molar-refractivity contribution in [1.29, 1.82) is 0 Å². The molecule has 170 valence electrons. The first-order valence-electron chi connectivity index (χ1n) is 12.7. The van der Waals surface area contributed by atoms with E-state index in [4.69, 9.17) is 0 Å². The van der Waals surface area contributed by atoms with E-state index < -0.39 is 5.60 Å². The lowest BCUT2D eigenvalue weighted by atomic mass is 9.51. The smallest absolute Gasteiger partial charge is 0.156 e. The molecule has 0 amide bonds. The van der Waals surface area contributed by atoms with Crippen LogP contribution in [0.15, 0.2) is 59.2 Å². The number of benzene rings is 1. The molecule has 0 heterocycles. The zero-order valence-corrected chi connectivity index (χ0v) is 20.2. The fourth-order valence-corrected chi connectivity index (χ4v) is 7.68. The van der Waals surface area contributed by atoms with Gasteiger partial charge in [-0.2, -0.15) is 0 Å². The maximum atomic E-state index is 12.2. The molecule has 4 aliphatic carbocycles. The maximum absolute atomic E-state index is 12.2. The number of hydrogen-bond acceptors (Lipinski definition) is 2. The van der Waals surface area contributed by atoms with Gasteiger partial charge in [0.2, 0.25) is 0 Å². The van der Waals surface area contributed by atoms with E-state index in [1.54, 1.807) is 5.57 Å². The molecular formula is C30H38O2. The highest BCUT2D eigenvalue weighted by atomic mass is 16.3. The van der Waals surface area contributed by atoms with Gasteiger partial charge in [0.25, 0.3) is 0 Å². The Bertz CT molecular complexity index is 1030. The highest BCUT2D eigenvalue weighted by Crippen LogP contribution is 2.67. The van der Waals surface area contributed by atoms with Crippen LogP contribution < -0.4 is 0 Å². The van der Waals surface area contributed by atoms with Crippen molar-refractivity contribution < 1.29 is 9.90 Å². The second-order valence-electron chi connectivity index (χ2n) is 11.3. The summed E-state index contributed by atoms with van der Waals surface area (Å²) in [5.41, 5.74) is 6.34. The standard InChI is InChI=1S/C30H38O2/c1-5-14-30(32)15-13-27-25-11-9-22-17-23(31)10-12-24(22)28(25)26(18-29(27,30)4)21-8-6-7-20(16-21)19(2)3/h5-8,14,16-17,19,25-27,32H,9-13,15,18H2,1-4H3/t25-,26+,27-,29-,30-/m0/s1. The molecule has 0 aliphatic heterocycles. The van der Waals surface area contributed by atoms with Crippen LogP contribution in [0.1, 0.15) is 95.6 Å². The van der Waals surface area contributed by atoms with Gasteiger partial charge in [-0.05, 0) is 91.6 Å². The quantitative estimate of drug-likeness (QED) is 0.523.